The molecule has 0 unspecified atom stereocenters. The molecule has 1 aliphatic rings. The summed E-state index contributed by atoms with van der Waals surface area (Å²) in [6, 6.07) is 7.98. The number of imide groups is 1. The first kappa shape index (κ1) is 19.1. The van der Waals surface area contributed by atoms with Gasteiger partial charge in [-0.1, -0.05) is 26.0 Å². The maximum atomic E-state index is 12.6. The third-order valence-corrected chi connectivity index (χ3v) is 5.36. The Kier molecular flexibility index (Phi) is 7.40. The molecule has 1 heterocycles. The van der Waals surface area contributed by atoms with Crippen LogP contribution in [0.15, 0.2) is 34.1 Å². The predicted octanol–water partition coefficient (Wildman–Crippen LogP) is 4.52. The summed E-state index contributed by atoms with van der Waals surface area (Å²) < 4.78 is 0. The van der Waals surface area contributed by atoms with Crippen LogP contribution in [0.25, 0.3) is 6.08 Å². The maximum Gasteiger partial charge on any atom is 0.294 e. The van der Waals surface area contributed by atoms with E-state index in [1.54, 1.807) is 17.8 Å². The lowest BCUT2D eigenvalue weighted by molar-refractivity contribution is -0.124. The molecule has 1 saturated heterocycles. The van der Waals surface area contributed by atoms with E-state index in [0.717, 1.165) is 43.3 Å². The lowest BCUT2D eigenvalue weighted by Crippen LogP contribution is -2.41. The zero-order valence-corrected chi connectivity index (χ0v) is 16.1. The van der Waals surface area contributed by atoms with Gasteiger partial charge in [-0.3, -0.25) is 19.4 Å². The molecule has 0 saturated carbocycles. The van der Waals surface area contributed by atoms with Crippen molar-refractivity contribution in [2.75, 3.05) is 26.0 Å². The number of amides is 2. The van der Waals surface area contributed by atoms with Gasteiger partial charge in [0.1, 0.15) is 0 Å². The van der Waals surface area contributed by atoms with Gasteiger partial charge in [0.05, 0.1) is 11.6 Å². The highest BCUT2D eigenvalue weighted by Gasteiger charge is 2.35. The fourth-order valence-corrected chi connectivity index (χ4v) is 3.80. The summed E-state index contributed by atoms with van der Waals surface area (Å²) in [5.74, 6) is -0.184. The molecule has 1 aromatic carbocycles. The van der Waals surface area contributed by atoms with E-state index < -0.39 is 0 Å². The van der Waals surface area contributed by atoms with Gasteiger partial charge < -0.3 is 0 Å². The molecule has 0 aromatic heterocycles. The van der Waals surface area contributed by atoms with Gasteiger partial charge in [-0.25, -0.2) is 0 Å². The van der Waals surface area contributed by atoms with Crippen LogP contribution in [-0.2, 0) is 4.79 Å². The lowest BCUT2D eigenvalue weighted by Gasteiger charge is -2.25. The summed E-state index contributed by atoms with van der Waals surface area (Å²) in [6.45, 7) is 6.38. The summed E-state index contributed by atoms with van der Waals surface area (Å²) in [5, 5.41) is -0.177. The highest BCUT2D eigenvalue weighted by Crippen LogP contribution is 2.32. The molecule has 24 heavy (non-hydrogen) atoms. The molecule has 0 bridgehead atoms. The minimum atomic E-state index is -0.184. The van der Waals surface area contributed by atoms with E-state index in [9.17, 15) is 9.59 Å². The second-order valence-corrected chi connectivity index (χ2v) is 7.52. The molecule has 1 aromatic rings. The van der Waals surface area contributed by atoms with Gasteiger partial charge in [0.15, 0.2) is 0 Å². The van der Waals surface area contributed by atoms with Gasteiger partial charge >= 0.3 is 0 Å². The van der Waals surface area contributed by atoms with Gasteiger partial charge in [0, 0.05) is 4.90 Å². The summed E-state index contributed by atoms with van der Waals surface area (Å²) in [5.41, 5.74) is 0.942. The first-order valence-electron chi connectivity index (χ1n) is 8.20. The standard InChI is InChI=1S/C18H24N2O2S2/c1-4-10-19(11-5-2)13-20-17(21)16(24-18(20)22)12-14-6-8-15(23-3)9-7-14/h6-9,12H,4-5,10-11,13H2,1-3H3/b16-12-. The first-order chi connectivity index (χ1) is 11.6. The number of nitrogens with zero attached hydrogens (tertiary/aromatic N) is 2. The van der Waals surface area contributed by atoms with Crippen molar-refractivity contribution in [2.24, 2.45) is 0 Å². The molecule has 0 radical (unpaired) electrons. The average molecular weight is 365 g/mol. The topological polar surface area (TPSA) is 40.6 Å². The maximum absolute atomic E-state index is 12.6. The molecule has 2 rings (SSSR count). The molecule has 0 spiro atoms. The summed E-state index contributed by atoms with van der Waals surface area (Å²) in [7, 11) is 0. The number of thioether (sulfide) groups is 2. The van der Waals surface area contributed by atoms with Crippen LogP contribution in [0.2, 0.25) is 0 Å². The minimum absolute atomic E-state index is 0.177. The van der Waals surface area contributed by atoms with Crippen molar-refractivity contribution in [3.8, 4) is 0 Å². The van der Waals surface area contributed by atoms with Crippen LogP contribution in [0.5, 0.6) is 0 Å². The Balaban J connectivity index is 2.10. The number of rotatable bonds is 8. The zero-order chi connectivity index (χ0) is 17.5. The van der Waals surface area contributed by atoms with Crippen LogP contribution in [-0.4, -0.2) is 47.0 Å². The van der Waals surface area contributed by atoms with Crippen molar-refractivity contribution in [2.45, 2.75) is 31.6 Å². The summed E-state index contributed by atoms with van der Waals surface area (Å²) >= 11 is 2.71. The largest absolute Gasteiger partial charge is 0.294 e. The molecule has 2 amide bonds. The second-order valence-electron chi connectivity index (χ2n) is 5.64. The molecule has 1 aliphatic heterocycles. The molecule has 0 aliphatic carbocycles. The van der Waals surface area contributed by atoms with Gasteiger partial charge in [-0.2, -0.15) is 0 Å². The Morgan fingerprint density at radius 3 is 2.29 bits per heavy atom. The third-order valence-electron chi connectivity index (χ3n) is 3.71. The Morgan fingerprint density at radius 2 is 1.75 bits per heavy atom. The molecule has 130 valence electrons. The number of hydrogen-bond acceptors (Lipinski definition) is 5. The van der Waals surface area contributed by atoms with Crippen molar-refractivity contribution >= 4 is 40.7 Å². The van der Waals surface area contributed by atoms with E-state index in [4.69, 9.17) is 0 Å². The van der Waals surface area contributed by atoms with Crippen molar-refractivity contribution in [3.05, 3.63) is 34.7 Å². The van der Waals surface area contributed by atoms with Gasteiger partial charge in [-0.05, 0) is 67.7 Å². The van der Waals surface area contributed by atoms with E-state index in [1.165, 1.54) is 9.80 Å². The van der Waals surface area contributed by atoms with Crippen LogP contribution in [0.1, 0.15) is 32.3 Å². The second kappa shape index (κ2) is 9.30. The normalized spacial score (nSPS) is 16.7. The van der Waals surface area contributed by atoms with Crippen LogP contribution >= 0.6 is 23.5 Å². The molecule has 4 nitrogen and oxygen atoms in total. The molecule has 0 N–H and O–H groups in total. The van der Waals surface area contributed by atoms with Crippen molar-refractivity contribution in [3.63, 3.8) is 0 Å². The van der Waals surface area contributed by atoms with Crippen LogP contribution in [0, 0.1) is 0 Å². The zero-order valence-electron chi connectivity index (χ0n) is 14.4. The quantitative estimate of drug-likeness (QED) is 0.501. The minimum Gasteiger partial charge on any atom is -0.286 e. The Bertz CT molecular complexity index is 608. The first-order valence-corrected chi connectivity index (χ1v) is 10.2. The monoisotopic (exact) mass is 364 g/mol. The predicted molar refractivity (Wildman–Crippen MR) is 103 cm³/mol. The Morgan fingerprint density at radius 1 is 1.12 bits per heavy atom. The molecular weight excluding hydrogens is 340 g/mol. The number of hydrogen-bond donors (Lipinski definition) is 0. The fraction of sp³-hybridized carbons (Fsp3) is 0.444. The van der Waals surface area contributed by atoms with E-state index in [2.05, 4.69) is 18.7 Å². The highest BCUT2D eigenvalue weighted by molar-refractivity contribution is 8.18. The van der Waals surface area contributed by atoms with Gasteiger partial charge in [0.2, 0.25) is 0 Å². The number of benzene rings is 1. The summed E-state index contributed by atoms with van der Waals surface area (Å²) in [6.07, 6.45) is 5.85. The SMILES string of the molecule is CCCN(CCC)CN1C(=O)S/C(=C\c2ccc(SC)cc2)C1=O. The number of carbonyl (C=O) groups excluding carboxylic acids is 2. The highest BCUT2D eigenvalue weighted by atomic mass is 32.2. The lowest BCUT2D eigenvalue weighted by atomic mass is 10.2. The van der Waals surface area contributed by atoms with Gasteiger partial charge in [0.25, 0.3) is 11.1 Å². The van der Waals surface area contributed by atoms with Gasteiger partial charge in [-0.15, -0.1) is 11.8 Å². The van der Waals surface area contributed by atoms with Crippen molar-refractivity contribution < 1.29 is 9.59 Å². The van der Waals surface area contributed by atoms with E-state index in [-0.39, 0.29) is 11.1 Å². The smallest absolute Gasteiger partial charge is 0.286 e. The summed E-state index contributed by atoms with van der Waals surface area (Å²) in [4.78, 5) is 30.0. The number of carbonyl (C=O) groups is 2. The van der Waals surface area contributed by atoms with E-state index in [1.807, 2.05) is 30.5 Å². The van der Waals surface area contributed by atoms with Crippen LogP contribution in [0.3, 0.4) is 0 Å². The van der Waals surface area contributed by atoms with E-state index >= 15 is 0 Å². The van der Waals surface area contributed by atoms with Crippen LogP contribution in [0.4, 0.5) is 4.79 Å². The van der Waals surface area contributed by atoms with Crippen LogP contribution < -0.4 is 0 Å². The molecule has 1 fully saturated rings. The molecular formula is C18H24N2O2S2. The van der Waals surface area contributed by atoms with E-state index in [0.29, 0.717) is 11.6 Å². The average Bonchev–Trinajstić information content (AvgIpc) is 2.83. The molecule has 6 heteroatoms. The fourth-order valence-electron chi connectivity index (χ4n) is 2.56. The van der Waals surface area contributed by atoms with Crippen molar-refractivity contribution in [1.29, 1.82) is 0 Å². The molecule has 0 atom stereocenters. The van der Waals surface area contributed by atoms with Crippen molar-refractivity contribution in [1.82, 2.24) is 9.80 Å². The Hall–Kier alpha value is -1.24. The Labute approximate surface area is 152 Å². The third kappa shape index (κ3) is 4.88.